The summed E-state index contributed by atoms with van der Waals surface area (Å²) in [5, 5.41) is 4.54. The lowest BCUT2D eigenvalue weighted by Gasteiger charge is -2.27. The summed E-state index contributed by atoms with van der Waals surface area (Å²) in [7, 11) is -1.61. The average molecular weight is 470 g/mol. The van der Waals surface area contributed by atoms with E-state index in [2.05, 4.69) is 97.9 Å². The minimum absolute atomic E-state index is 0. The van der Waals surface area contributed by atoms with Crippen molar-refractivity contribution >= 4 is 40.2 Å². The minimum atomic E-state index is -1.61. The van der Waals surface area contributed by atoms with E-state index < -0.39 is 7.26 Å². The molecule has 0 nitrogen and oxygen atoms in total. The predicted octanol–water partition coefficient (Wildman–Crippen LogP) is 7.31. The SMILES string of the molecule is Br.CCCCCCCCC[P+](c1ccccc1)(c1ccccc1)c1ccccc1. The van der Waals surface area contributed by atoms with E-state index in [0.717, 1.165) is 0 Å². The summed E-state index contributed by atoms with van der Waals surface area (Å²) in [4.78, 5) is 0. The van der Waals surface area contributed by atoms with Crippen LogP contribution in [0.1, 0.15) is 51.9 Å². The van der Waals surface area contributed by atoms with Gasteiger partial charge in [-0.1, -0.05) is 93.6 Å². The second-order valence-corrected chi connectivity index (χ2v) is 11.3. The van der Waals surface area contributed by atoms with Crippen LogP contribution in [0.3, 0.4) is 0 Å². The molecule has 154 valence electrons. The Morgan fingerprint density at radius 3 is 1.21 bits per heavy atom. The summed E-state index contributed by atoms with van der Waals surface area (Å²) in [5.41, 5.74) is 0. The summed E-state index contributed by atoms with van der Waals surface area (Å²) in [5.74, 6) is 0. The first-order chi connectivity index (χ1) is 13.9. The maximum absolute atomic E-state index is 2.36. The molecule has 0 aliphatic heterocycles. The topological polar surface area (TPSA) is 0 Å². The van der Waals surface area contributed by atoms with Gasteiger partial charge in [-0.15, -0.1) is 17.0 Å². The number of rotatable bonds is 11. The second-order valence-electron chi connectivity index (χ2n) is 7.66. The Balaban J connectivity index is 0.00000300. The van der Waals surface area contributed by atoms with Crippen molar-refractivity contribution in [3.63, 3.8) is 0 Å². The van der Waals surface area contributed by atoms with E-state index in [1.807, 2.05) is 0 Å². The molecule has 0 aliphatic carbocycles. The standard InChI is InChI=1S/C27H34P.BrH/c1-2-3-4-5-6-7-17-24-28(25-18-11-8-12-19-25,26-20-13-9-14-21-26)27-22-15-10-16-23-27;/h8-16,18-23H,2-7,17,24H2,1H3;1H/q+1;. The highest BCUT2D eigenvalue weighted by molar-refractivity contribution is 8.93. The molecule has 0 fully saturated rings. The van der Waals surface area contributed by atoms with Crippen LogP contribution in [-0.4, -0.2) is 6.16 Å². The highest BCUT2D eigenvalue weighted by Gasteiger charge is 2.44. The highest BCUT2D eigenvalue weighted by Crippen LogP contribution is 2.55. The molecule has 0 aliphatic rings. The summed E-state index contributed by atoms with van der Waals surface area (Å²) in [6.45, 7) is 2.29. The number of hydrogen-bond donors (Lipinski definition) is 0. The van der Waals surface area contributed by atoms with Gasteiger partial charge in [-0.2, -0.15) is 0 Å². The third-order valence-electron chi connectivity index (χ3n) is 5.69. The van der Waals surface area contributed by atoms with Crippen LogP contribution in [-0.2, 0) is 0 Å². The smallest absolute Gasteiger partial charge is 0.112 e. The van der Waals surface area contributed by atoms with Crippen LogP contribution < -0.4 is 15.9 Å². The van der Waals surface area contributed by atoms with E-state index in [9.17, 15) is 0 Å². The lowest BCUT2D eigenvalue weighted by atomic mass is 10.1. The number of hydrogen-bond acceptors (Lipinski definition) is 0. The zero-order valence-electron chi connectivity index (χ0n) is 17.7. The fourth-order valence-corrected chi connectivity index (χ4v) is 8.60. The quantitative estimate of drug-likeness (QED) is 0.204. The Bertz CT molecular complexity index is 690. The molecular weight excluding hydrogens is 435 g/mol. The first-order valence-corrected chi connectivity index (χ1v) is 12.9. The molecule has 3 aromatic rings. The Morgan fingerprint density at radius 2 is 0.828 bits per heavy atom. The zero-order chi connectivity index (χ0) is 19.5. The summed E-state index contributed by atoms with van der Waals surface area (Å²) in [6, 6.07) is 33.8. The molecule has 29 heavy (non-hydrogen) atoms. The monoisotopic (exact) mass is 469 g/mol. The van der Waals surface area contributed by atoms with E-state index >= 15 is 0 Å². The average Bonchev–Trinajstić information content (AvgIpc) is 2.78. The molecule has 0 bridgehead atoms. The summed E-state index contributed by atoms with van der Waals surface area (Å²) >= 11 is 0. The molecule has 0 N–H and O–H groups in total. The van der Waals surface area contributed by atoms with Crippen LogP contribution in [0.4, 0.5) is 0 Å². The Labute approximate surface area is 188 Å². The van der Waals surface area contributed by atoms with Crippen LogP contribution in [0.25, 0.3) is 0 Å². The third-order valence-corrected chi connectivity index (χ3v) is 10.2. The summed E-state index contributed by atoms with van der Waals surface area (Å²) in [6.07, 6.45) is 10.8. The molecule has 3 rings (SSSR count). The van der Waals surface area contributed by atoms with Crippen LogP contribution in [0.15, 0.2) is 91.0 Å². The van der Waals surface area contributed by atoms with Crippen LogP contribution in [0.5, 0.6) is 0 Å². The lowest BCUT2D eigenvalue weighted by molar-refractivity contribution is 0.603. The number of benzene rings is 3. The fraction of sp³-hybridized carbons (Fsp3) is 0.333. The van der Waals surface area contributed by atoms with Gasteiger partial charge in [-0.3, -0.25) is 0 Å². The largest absolute Gasteiger partial charge is 0.114 e. The van der Waals surface area contributed by atoms with Gasteiger partial charge in [0.15, 0.2) is 0 Å². The van der Waals surface area contributed by atoms with Crippen LogP contribution in [0.2, 0.25) is 0 Å². The Morgan fingerprint density at radius 1 is 0.483 bits per heavy atom. The fourth-order valence-electron chi connectivity index (χ4n) is 4.19. The van der Waals surface area contributed by atoms with Crippen molar-refractivity contribution in [2.45, 2.75) is 51.9 Å². The molecule has 0 aromatic heterocycles. The van der Waals surface area contributed by atoms with Crippen molar-refractivity contribution in [1.29, 1.82) is 0 Å². The van der Waals surface area contributed by atoms with Gasteiger partial charge in [0.25, 0.3) is 0 Å². The normalized spacial score (nSPS) is 11.1. The predicted molar refractivity (Wildman–Crippen MR) is 138 cm³/mol. The molecule has 0 spiro atoms. The number of halogens is 1. The number of unbranched alkanes of at least 4 members (excludes halogenated alkanes) is 6. The van der Waals surface area contributed by atoms with Gasteiger partial charge in [-0.25, -0.2) is 0 Å². The molecule has 0 radical (unpaired) electrons. The van der Waals surface area contributed by atoms with Crippen LogP contribution >= 0.6 is 24.2 Å². The van der Waals surface area contributed by atoms with Crippen molar-refractivity contribution < 1.29 is 0 Å². The molecule has 0 heterocycles. The van der Waals surface area contributed by atoms with Gasteiger partial charge < -0.3 is 0 Å². The molecule has 0 amide bonds. The maximum atomic E-state index is 2.36. The Kier molecular flexibility index (Phi) is 10.7. The second kappa shape index (κ2) is 13.0. The molecular formula is C27H35BrP+. The molecule has 0 saturated heterocycles. The molecule has 0 saturated carbocycles. The van der Waals surface area contributed by atoms with Crippen LogP contribution in [0, 0.1) is 0 Å². The van der Waals surface area contributed by atoms with Gasteiger partial charge in [-0.05, 0) is 49.2 Å². The van der Waals surface area contributed by atoms with Crippen molar-refractivity contribution in [3.8, 4) is 0 Å². The molecule has 0 atom stereocenters. The lowest BCUT2D eigenvalue weighted by Crippen LogP contribution is -2.33. The first-order valence-electron chi connectivity index (χ1n) is 10.9. The van der Waals surface area contributed by atoms with Gasteiger partial charge in [0.1, 0.15) is 23.2 Å². The van der Waals surface area contributed by atoms with Gasteiger partial charge in [0.05, 0.1) is 6.16 Å². The minimum Gasteiger partial charge on any atom is -0.114 e. The first kappa shape index (κ1) is 23.8. The zero-order valence-corrected chi connectivity index (χ0v) is 20.3. The van der Waals surface area contributed by atoms with E-state index in [-0.39, 0.29) is 17.0 Å². The third kappa shape index (κ3) is 6.27. The van der Waals surface area contributed by atoms with E-state index in [4.69, 9.17) is 0 Å². The maximum Gasteiger partial charge on any atom is 0.112 e. The van der Waals surface area contributed by atoms with Gasteiger partial charge >= 0.3 is 0 Å². The van der Waals surface area contributed by atoms with E-state index in [0.29, 0.717) is 0 Å². The summed E-state index contributed by atoms with van der Waals surface area (Å²) < 4.78 is 0. The highest BCUT2D eigenvalue weighted by atomic mass is 79.9. The van der Waals surface area contributed by atoms with Crippen molar-refractivity contribution in [2.75, 3.05) is 6.16 Å². The Hall–Kier alpha value is -1.43. The van der Waals surface area contributed by atoms with E-state index in [1.54, 1.807) is 0 Å². The molecule has 0 unspecified atom stereocenters. The molecule has 2 heteroatoms. The molecule has 3 aromatic carbocycles. The van der Waals surface area contributed by atoms with E-state index in [1.165, 1.54) is 67.0 Å². The van der Waals surface area contributed by atoms with Gasteiger partial charge in [0, 0.05) is 0 Å². The van der Waals surface area contributed by atoms with Crippen molar-refractivity contribution in [2.24, 2.45) is 0 Å². The van der Waals surface area contributed by atoms with Crippen molar-refractivity contribution in [3.05, 3.63) is 91.0 Å². The van der Waals surface area contributed by atoms with Crippen molar-refractivity contribution in [1.82, 2.24) is 0 Å². The van der Waals surface area contributed by atoms with Gasteiger partial charge in [0.2, 0.25) is 0 Å².